The van der Waals surface area contributed by atoms with Crippen LogP contribution < -0.4 is 15.4 Å². The van der Waals surface area contributed by atoms with Gasteiger partial charge in [0.2, 0.25) is 5.91 Å². The van der Waals surface area contributed by atoms with E-state index in [1.807, 2.05) is 30.3 Å². The lowest BCUT2D eigenvalue weighted by Gasteiger charge is -2.10. The highest BCUT2D eigenvalue weighted by Crippen LogP contribution is 2.28. The first-order chi connectivity index (χ1) is 12.0. The van der Waals surface area contributed by atoms with Crippen LogP contribution in [0.2, 0.25) is 0 Å². The maximum Gasteiger partial charge on any atom is 0.296 e. The summed E-state index contributed by atoms with van der Waals surface area (Å²) < 4.78 is 4.97. The third-order valence-electron chi connectivity index (χ3n) is 3.39. The summed E-state index contributed by atoms with van der Waals surface area (Å²) >= 11 is 5.05. The van der Waals surface area contributed by atoms with Gasteiger partial charge in [-0.15, -0.1) is 0 Å². The second kappa shape index (κ2) is 8.74. The van der Waals surface area contributed by atoms with E-state index in [1.54, 1.807) is 6.07 Å². The maximum absolute atomic E-state index is 11.9. The standard InChI is InChI=1S/C17H17N3O4S/c1-24-13-8-9-14(15(11-13)20(22)23)18-17(25)19-16(21)10-7-12-5-3-2-4-6-12/h2-6,8-9,11H,7,10H2,1H3,(H2,18,19,21,25). The molecule has 2 rings (SSSR count). The molecular formula is C17H17N3O4S. The first-order valence-corrected chi connectivity index (χ1v) is 7.87. The predicted octanol–water partition coefficient (Wildman–Crippen LogP) is 3.05. The summed E-state index contributed by atoms with van der Waals surface area (Å²) in [7, 11) is 1.42. The van der Waals surface area contributed by atoms with Crippen LogP contribution in [0.25, 0.3) is 0 Å². The quantitative estimate of drug-likeness (QED) is 0.468. The highest BCUT2D eigenvalue weighted by atomic mass is 32.1. The van der Waals surface area contributed by atoms with Crippen molar-refractivity contribution in [2.45, 2.75) is 12.8 Å². The van der Waals surface area contributed by atoms with Crippen molar-refractivity contribution in [1.29, 1.82) is 0 Å². The lowest BCUT2D eigenvalue weighted by Crippen LogP contribution is -2.34. The number of rotatable bonds is 6. The van der Waals surface area contributed by atoms with Crippen LogP contribution in [-0.4, -0.2) is 23.1 Å². The average molecular weight is 359 g/mol. The monoisotopic (exact) mass is 359 g/mol. The van der Waals surface area contributed by atoms with E-state index in [0.717, 1.165) is 5.56 Å². The smallest absolute Gasteiger partial charge is 0.296 e. The Kier molecular flexibility index (Phi) is 6.41. The van der Waals surface area contributed by atoms with Gasteiger partial charge in [0.05, 0.1) is 18.1 Å². The van der Waals surface area contributed by atoms with Crippen molar-refractivity contribution in [3.63, 3.8) is 0 Å². The van der Waals surface area contributed by atoms with Crippen molar-refractivity contribution < 1.29 is 14.5 Å². The molecule has 0 fully saturated rings. The summed E-state index contributed by atoms with van der Waals surface area (Å²) in [6.45, 7) is 0. The number of thiocarbonyl (C=S) groups is 1. The number of amides is 1. The van der Waals surface area contributed by atoms with Gasteiger partial charge >= 0.3 is 0 Å². The number of ether oxygens (including phenoxy) is 1. The number of nitrogens with one attached hydrogen (secondary N) is 2. The molecule has 0 aliphatic carbocycles. The van der Waals surface area contributed by atoms with Crippen LogP contribution in [0.15, 0.2) is 48.5 Å². The lowest BCUT2D eigenvalue weighted by atomic mass is 10.1. The van der Waals surface area contributed by atoms with Crippen LogP contribution in [0.3, 0.4) is 0 Å². The van der Waals surface area contributed by atoms with E-state index in [2.05, 4.69) is 10.6 Å². The molecule has 2 aromatic carbocycles. The van der Waals surface area contributed by atoms with Gasteiger partial charge in [0, 0.05) is 6.42 Å². The van der Waals surface area contributed by atoms with Gasteiger partial charge in [-0.3, -0.25) is 14.9 Å². The summed E-state index contributed by atoms with van der Waals surface area (Å²) in [4.78, 5) is 22.5. The molecule has 8 heteroatoms. The largest absolute Gasteiger partial charge is 0.496 e. The van der Waals surface area contributed by atoms with Crippen molar-refractivity contribution in [1.82, 2.24) is 5.32 Å². The van der Waals surface area contributed by atoms with E-state index in [-0.39, 0.29) is 28.8 Å². The zero-order chi connectivity index (χ0) is 18.2. The Balaban J connectivity index is 1.93. The number of benzene rings is 2. The van der Waals surface area contributed by atoms with Crippen LogP contribution in [0.1, 0.15) is 12.0 Å². The Bertz CT molecular complexity index is 781. The zero-order valence-electron chi connectivity index (χ0n) is 13.5. The van der Waals surface area contributed by atoms with Gasteiger partial charge in [0.1, 0.15) is 11.4 Å². The van der Waals surface area contributed by atoms with E-state index in [4.69, 9.17) is 17.0 Å². The normalized spacial score (nSPS) is 9.96. The number of hydrogen-bond acceptors (Lipinski definition) is 5. The lowest BCUT2D eigenvalue weighted by molar-refractivity contribution is -0.384. The first kappa shape index (κ1) is 18.3. The topological polar surface area (TPSA) is 93.5 Å². The molecule has 0 heterocycles. The van der Waals surface area contributed by atoms with Gasteiger partial charge in [-0.1, -0.05) is 30.3 Å². The molecule has 2 N–H and O–H groups in total. The van der Waals surface area contributed by atoms with E-state index >= 15 is 0 Å². The maximum atomic E-state index is 11.9. The molecule has 0 atom stereocenters. The molecule has 0 aliphatic rings. The number of nitrogens with zero attached hydrogens (tertiary/aromatic N) is 1. The predicted molar refractivity (Wildman–Crippen MR) is 98.8 cm³/mol. The van der Waals surface area contributed by atoms with Crippen molar-refractivity contribution in [2.75, 3.05) is 12.4 Å². The minimum absolute atomic E-state index is 0.00586. The second-order valence-corrected chi connectivity index (χ2v) is 5.54. The van der Waals surface area contributed by atoms with Crippen LogP contribution in [0, 0.1) is 10.1 Å². The molecule has 0 saturated carbocycles. The molecule has 130 valence electrons. The third kappa shape index (κ3) is 5.54. The number of carbonyl (C=O) groups excluding carboxylic acids is 1. The summed E-state index contributed by atoms with van der Waals surface area (Å²) in [6.07, 6.45) is 0.842. The first-order valence-electron chi connectivity index (χ1n) is 7.47. The fraction of sp³-hybridized carbons (Fsp3) is 0.176. The van der Waals surface area contributed by atoms with Gasteiger partial charge in [0.15, 0.2) is 5.11 Å². The van der Waals surface area contributed by atoms with Crippen molar-refractivity contribution in [3.05, 3.63) is 64.2 Å². The van der Waals surface area contributed by atoms with Crippen molar-refractivity contribution >= 4 is 34.6 Å². The second-order valence-electron chi connectivity index (χ2n) is 5.13. The van der Waals surface area contributed by atoms with E-state index in [1.165, 1.54) is 19.2 Å². The van der Waals surface area contributed by atoms with Gasteiger partial charge in [-0.25, -0.2) is 0 Å². The summed E-state index contributed by atoms with van der Waals surface area (Å²) in [5, 5.41) is 16.3. The molecule has 25 heavy (non-hydrogen) atoms. The Morgan fingerprint density at radius 2 is 1.96 bits per heavy atom. The Labute approximate surface area is 150 Å². The SMILES string of the molecule is COc1ccc(NC(=S)NC(=O)CCc2ccccc2)c([N+](=O)[O-])c1. The highest BCUT2D eigenvalue weighted by Gasteiger charge is 2.16. The molecule has 1 amide bonds. The molecule has 0 radical (unpaired) electrons. The Morgan fingerprint density at radius 1 is 1.24 bits per heavy atom. The number of anilines is 1. The van der Waals surface area contributed by atoms with E-state index in [0.29, 0.717) is 12.2 Å². The summed E-state index contributed by atoms with van der Waals surface area (Å²) in [5.41, 5.74) is 1.03. The molecule has 0 saturated heterocycles. The number of hydrogen-bond donors (Lipinski definition) is 2. The van der Waals surface area contributed by atoms with Crippen LogP contribution in [-0.2, 0) is 11.2 Å². The van der Waals surface area contributed by atoms with Gasteiger partial charge in [-0.05, 0) is 36.3 Å². The van der Waals surface area contributed by atoms with E-state index < -0.39 is 4.92 Å². The molecular weight excluding hydrogens is 342 g/mol. The Morgan fingerprint density at radius 3 is 2.60 bits per heavy atom. The van der Waals surface area contributed by atoms with E-state index in [9.17, 15) is 14.9 Å². The summed E-state index contributed by atoms with van der Waals surface area (Å²) in [6, 6.07) is 13.9. The molecule has 7 nitrogen and oxygen atoms in total. The van der Waals surface area contributed by atoms with Gasteiger partial charge in [0.25, 0.3) is 5.69 Å². The fourth-order valence-corrected chi connectivity index (χ4v) is 2.36. The molecule has 0 spiro atoms. The van der Waals surface area contributed by atoms with Crippen molar-refractivity contribution in [3.8, 4) is 5.75 Å². The number of aryl methyl sites for hydroxylation is 1. The fourth-order valence-electron chi connectivity index (χ4n) is 2.14. The van der Waals surface area contributed by atoms with Crippen molar-refractivity contribution in [2.24, 2.45) is 0 Å². The van der Waals surface area contributed by atoms with Crippen LogP contribution in [0.4, 0.5) is 11.4 Å². The number of nitro benzene ring substituents is 1. The average Bonchev–Trinajstić information content (AvgIpc) is 2.61. The minimum Gasteiger partial charge on any atom is -0.496 e. The highest BCUT2D eigenvalue weighted by molar-refractivity contribution is 7.80. The number of carbonyl (C=O) groups is 1. The minimum atomic E-state index is -0.551. The zero-order valence-corrected chi connectivity index (χ0v) is 14.3. The molecule has 0 aromatic heterocycles. The van der Waals surface area contributed by atoms with Crippen LogP contribution >= 0.6 is 12.2 Å². The third-order valence-corrected chi connectivity index (χ3v) is 3.59. The summed E-state index contributed by atoms with van der Waals surface area (Å²) in [5.74, 6) is 0.0904. The number of methoxy groups -OCH3 is 1. The molecule has 2 aromatic rings. The molecule has 0 aliphatic heterocycles. The van der Waals surface area contributed by atoms with Gasteiger partial charge < -0.3 is 15.4 Å². The molecule has 0 bridgehead atoms. The Hall–Kier alpha value is -3.00. The number of nitro groups is 1. The van der Waals surface area contributed by atoms with Gasteiger partial charge in [-0.2, -0.15) is 0 Å². The van der Waals surface area contributed by atoms with Crippen LogP contribution in [0.5, 0.6) is 5.75 Å². The molecule has 0 unspecified atom stereocenters.